The van der Waals surface area contributed by atoms with Crippen LogP contribution in [-0.2, 0) is 24.3 Å². The summed E-state index contributed by atoms with van der Waals surface area (Å²) in [5, 5.41) is 11.1. The number of benzene rings is 1. The molecule has 0 saturated heterocycles. The molecule has 1 N–H and O–H groups in total. The van der Waals surface area contributed by atoms with Gasteiger partial charge in [0.2, 0.25) is 5.91 Å². The maximum Gasteiger partial charge on any atom is 0.262 e. The molecule has 1 aromatic carbocycles. The van der Waals surface area contributed by atoms with Crippen LogP contribution in [0.4, 0.5) is 0 Å². The number of imide groups is 1. The summed E-state index contributed by atoms with van der Waals surface area (Å²) in [5.41, 5.74) is 0.702. The van der Waals surface area contributed by atoms with E-state index in [1.165, 1.54) is 0 Å². The van der Waals surface area contributed by atoms with E-state index in [9.17, 15) is 14.4 Å². The van der Waals surface area contributed by atoms with Crippen LogP contribution in [-0.4, -0.2) is 43.4 Å². The Hall–Kier alpha value is -3.03. The Morgan fingerprint density at radius 1 is 1.14 bits per heavy atom. The maximum absolute atomic E-state index is 13.0. The van der Waals surface area contributed by atoms with Crippen molar-refractivity contribution in [3.63, 3.8) is 0 Å². The molecule has 2 aliphatic rings. The zero-order valence-corrected chi connectivity index (χ0v) is 16.0. The minimum atomic E-state index is -0.853. The fourth-order valence-electron chi connectivity index (χ4n) is 3.89. The van der Waals surface area contributed by atoms with Crippen LogP contribution in [0.3, 0.4) is 0 Å². The van der Waals surface area contributed by atoms with Crippen molar-refractivity contribution in [3.8, 4) is 0 Å². The third kappa shape index (κ3) is 3.08. The van der Waals surface area contributed by atoms with Crippen molar-refractivity contribution in [2.45, 2.75) is 52.2 Å². The number of nitrogens with one attached hydrogen (secondary N) is 1. The second-order valence-electron chi connectivity index (χ2n) is 7.68. The summed E-state index contributed by atoms with van der Waals surface area (Å²) >= 11 is 0. The first-order chi connectivity index (χ1) is 13.5. The normalized spacial score (nSPS) is 16.5. The highest BCUT2D eigenvalue weighted by atomic mass is 16.2. The molecule has 0 spiro atoms. The second-order valence-corrected chi connectivity index (χ2v) is 7.68. The number of hydrogen-bond donors (Lipinski definition) is 1. The van der Waals surface area contributed by atoms with Crippen molar-refractivity contribution in [1.29, 1.82) is 0 Å². The van der Waals surface area contributed by atoms with Gasteiger partial charge >= 0.3 is 0 Å². The Morgan fingerprint density at radius 2 is 1.82 bits per heavy atom. The van der Waals surface area contributed by atoms with E-state index in [-0.39, 0.29) is 18.4 Å². The van der Waals surface area contributed by atoms with Crippen molar-refractivity contribution < 1.29 is 14.4 Å². The largest absolute Gasteiger partial charge is 0.347 e. The zero-order chi connectivity index (χ0) is 19.8. The fraction of sp³-hybridized carbons (Fsp3) is 0.450. The monoisotopic (exact) mass is 381 g/mol. The summed E-state index contributed by atoms with van der Waals surface area (Å²) in [4.78, 5) is 39.7. The van der Waals surface area contributed by atoms with E-state index in [2.05, 4.69) is 15.5 Å². The summed E-state index contributed by atoms with van der Waals surface area (Å²) in [6.07, 6.45) is 2.32. The van der Waals surface area contributed by atoms with Crippen molar-refractivity contribution in [2.24, 2.45) is 5.92 Å². The molecule has 4 rings (SSSR count). The highest BCUT2D eigenvalue weighted by Crippen LogP contribution is 2.27. The fourth-order valence-corrected chi connectivity index (χ4v) is 3.89. The first-order valence-electron chi connectivity index (χ1n) is 9.63. The lowest BCUT2D eigenvalue weighted by Crippen LogP contribution is -2.50. The SMILES string of the molecule is CC(C)CC(C(=O)NCc1nnc2n1CCC2)N1C(=O)c2ccccc2C1=O. The molecule has 0 fully saturated rings. The number of aromatic nitrogens is 3. The molecule has 8 heteroatoms. The lowest BCUT2D eigenvalue weighted by molar-refractivity contribution is -0.125. The van der Waals surface area contributed by atoms with Gasteiger partial charge < -0.3 is 9.88 Å². The van der Waals surface area contributed by atoms with Crippen LogP contribution in [0.25, 0.3) is 0 Å². The first kappa shape index (κ1) is 18.3. The van der Waals surface area contributed by atoms with E-state index in [1.807, 2.05) is 18.4 Å². The predicted octanol–water partition coefficient (Wildman–Crippen LogP) is 1.55. The smallest absolute Gasteiger partial charge is 0.262 e. The Bertz CT molecular complexity index is 914. The van der Waals surface area contributed by atoms with Crippen molar-refractivity contribution in [3.05, 3.63) is 47.0 Å². The van der Waals surface area contributed by atoms with Gasteiger partial charge in [-0.1, -0.05) is 26.0 Å². The zero-order valence-electron chi connectivity index (χ0n) is 16.0. The average Bonchev–Trinajstić information content (AvgIpc) is 3.34. The van der Waals surface area contributed by atoms with E-state index in [0.717, 1.165) is 30.1 Å². The third-order valence-corrected chi connectivity index (χ3v) is 5.24. The standard InChI is InChI=1S/C20H23N5O3/c1-12(2)10-15(25-19(27)13-6-3-4-7-14(13)20(25)28)18(26)21-11-17-23-22-16-8-5-9-24(16)17/h3-4,6-7,12,15H,5,8-11H2,1-2H3,(H,21,26). The summed E-state index contributed by atoms with van der Waals surface area (Å²) in [6.45, 7) is 5.00. The molecule has 3 amide bonds. The average molecular weight is 381 g/mol. The highest BCUT2D eigenvalue weighted by Gasteiger charge is 2.42. The molecule has 28 heavy (non-hydrogen) atoms. The van der Waals surface area contributed by atoms with E-state index >= 15 is 0 Å². The predicted molar refractivity (Wildman–Crippen MR) is 100 cm³/mol. The van der Waals surface area contributed by atoms with E-state index in [0.29, 0.717) is 23.4 Å². The molecule has 8 nitrogen and oxygen atoms in total. The van der Waals surface area contributed by atoms with Crippen LogP contribution in [0.1, 0.15) is 59.1 Å². The van der Waals surface area contributed by atoms with Gasteiger partial charge in [0.1, 0.15) is 11.9 Å². The third-order valence-electron chi connectivity index (χ3n) is 5.24. The van der Waals surface area contributed by atoms with Crippen LogP contribution in [0, 0.1) is 5.92 Å². The van der Waals surface area contributed by atoms with E-state index in [4.69, 9.17) is 0 Å². The molecule has 1 atom stereocenters. The topological polar surface area (TPSA) is 97.2 Å². The van der Waals surface area contributed by atoms with E-state index < -0.39 is 17.9 Å². The molecule has 0 radical (unpaired) electrons. The van der Waals surface area contributed by atoms with Crippen molar-refractivity contribution in [1.82, 2.24) is 25.0 Å². The summed E-state index contributed by atoms with van der Waals surface area (Å²) in [6, 6.07) is 5.83. The van der Waals surface area contributed by atoms with Gasteiger partial charge in [-0.05, 0) is 30.9 Å². The van der Waals surface area contributed by atoms with Gasteiger partial charge in [0.05, 0.1) is 17.7 Å². The van der Waals surface area contributed by atoms with Crippen LogP contribution in [0.5, 0.6) is 0 Å². The Balaban J connectivity index is 1.54. The lowest BCUT2D eigenvalue weighted by Gasteiger charge is -2.26. The molecule has 0 bridgehead atoms. The van der Waals surface area contributed by atoms with Gasteiger partial charge in [-0.2, -0.15) is 0 Å². The number of amides is 3. The molecule has 1 unspecified atom stereocenters. The van der Waals surface area contributed by atoms with Gasteiger partial charge in [-0.3, -0.25) is 19.3 Å². The van der Waals surface area contributed by atoms with Crippen LogP contribution in [0.15, 0.2) is 24.3 Å². The Kier molecular flexibility index (Phi) is 4.70. The maximum atomic E-state index is 13.0. The first-order valence-corrected chi connectivity index (χ1v) is 9.63. The van der Waals surface area contributed by atoms with Gasteiger partial charge in [0, 0.05) is 13.0 Å². The molecule has 2 aromatic rings. The highest BCUT2D eigenvalue weighted by molar-refractivity contribution is 6.22. The number of carbonyl (C=O) groups excluding carboxylic acids is 3. The van der Waals surface area contributed by atoms with Crippen molar-refractivity contribution in [2.75, 3.05) is 0 Å². The minimum Gasteiger partial charge on any atom is -0.347 e. The van der Waals surface area contributed by atoms with Gasteiger partial charge in [0.15, 0.2) is 5.82 Å². The van der Waals surface area contributed by atoms with Crippen LogP contribution < -0.4 is 5.32 Å². The van der Waals surface area contributed by atoms with Gasteiger partial charge in [-0.15, -0.1) is 10.2 Å². The lowest BCUT2D eigenvalue weighted by atomic mass is 10.0. The summed E-state index contributed by atoms with van der Waals surface area (Å²) in [7, 11) is 0. The van der Waals surface area contributed by atoms with Gasteiger partial charge in [0.25, 0.3) is 11.8 Å². The summed E-state index contributed by atoms with van der Waals surface area (Å²) < 4.78 is 2.01. The Morgan fingerprint density at radius 3 is 2.46 bits per heavy atom. The van der Waals surface area contributed by atoms with Gasteiger partial charge in [-0.25, -0.2) is 0 Å². The number of rotatable bonds is 6. The molecular weight excluding hydrogens is 358 g/mol. The number of nitrogens with zero attached hydrogens (tertiary/aromatic N) is 4. The molecule has 1 aromatic heterocycles. The molecule has 2 aliphatic heterocycles. The molecular formula is C20H23N5O3. The molecule has 3 heterocycles. The van der Waals surface area contributed by atoms with E-state index in [1.54, 1.807) is 24.3 Å². The Labute approximate surface area is 162 Å². The number of hydrogen-bond acceptors (Lipinski definition) is 5. The number of aryl methyl sites for hydroxylation is 1. The molecule has 0 saturated carbocycles. The molecule has 146 valence electrons. The number of carbonyl (C=O) groups is 3. The minimum absolute atomic E-state index is 0.136. The quantitative estimate of drug-likeness (QED) is 0.766. The van der Waals surface area contributed by atoms with Crippen LogP contribution >= 0.6 is 0 Å². The molecule has 0 aliphatic carbocycles. The van der Waals surface area contributed by atoms with Crippen LogP contribution in [0.2, 0.25) is 0 Å². The second kappa shape index (κ2) is 7.18. The summed E-state index contributed by atoms with van der Waals surface area (Å²) in [5.74, 6) is 0.598. The van der Waals surface area contributed by atoms with Crippen molar-refractivity contribution >= 4 is 17.7 Å². The number of fused-ring (bicyclic) bond motifs is 2.